The van der Waals surface area contributed by atoms with Crippen LogP contribution in [0.4, 0.5) is 14.0 Å². The maximum atomic E-state index is 13.6. The van der Waals surface area contributed by atoms with Crippen molar-refractivity contribution in [1.29, 1.82) is 0 Å². The average Bonchev–Trinajstić information content (AvgIpc) is 3.22. The molecule has 1 aliphatic heterocycles. The fourth-order valence-electron chi connectivity index (χ4n) is 5.92. The molecule has 2 heterocycles. The van der Waals surface area contributed by atoms with Crippen molar-refractivity contribution in [3.63, 3.8) is 0 Å². The number of carbonyl (C=O) groups is 2. The van der Waals surface area contributed by atoms with Gasteiger partial charge in [0.25, 0.3) is 0 Å². The van der Waals surface area contributed by atoms with E-state index in [-0.39, 0.29) is 42.1 Å². The number of rotatable bonds is 5. The van der Waals surface area contributed by atoms with Crippen molar-refractivity contribution < 1.29 is 23.5 Å². The Hall–Kier alpha value is -3.42. The summed E-state index contributed by atoms with van der Waals surface area (Å²) in [5.41, 5.74) is 2.42. The maximum absolute atomic E-state index is 13.6. The van der Waals surface area contributed by atoms with Crippen LogP contribution in [0, 0.1) is 23.6 Å². The third kappa shape index (κ3) is 5.16. The normalized spacial score (nSPS) is 29.6. The Labute approximate surface area is 204 Å². The summed E-state index contributed by atoms with van der Waals surface area (Å²) in [4.78, 5) is 28.5. The first-order chi connectivity index (χ1) is 17.0. The van der Waals surface area contributed by atoms with Gasteiger partial charge in [0.05, 0.1) is 18.3 Å². The number of carbonyl (C=O) groups excluding carboxylic acids is 2. The summed E-state index contributed by atoms with van der Waals surface area (Å²) in [5.74, 6) is 0.495. The highest BCUT2D eigenvalue weighted by molar-refractivity contribution is 5.70. The molecule has 35 heavy (non-hydrogen) atoms. The van der Waals surface area contributed by atoms with Gasteiger partial charge in [-0.05, 0) is 74.3 Å². The van der Waals surface area contributed by atoms with E-state index in [4.69, 9.17) is 9.47 Å². The Balaban J connectivity index is 1.31. The number of aromatic nitrogens is 1. The van der Waals surface area contributed by atoms with Crippen LogP contribution in [0.5, 0.6) is 0 Å². The highest BCUT2D eigenvalue weighted by Gasteiger charge is 2.51. The van der Waals surface area contributed by atoms with Crippen molar-refractivity contribution in [2.24, 2.45) is 17.8 Å². The summed E-state index contributed by atoms with van der Waals surface area (Å²) in [6.45, 7) is 2.14. The van der Waals surface area contributed by atoms with Crippen LogP contribution in [-0.4, -0.2) is 42.0 Å². The molecule has 2 aromatic rings. The number of nitrogens with one attached hydrogen (secondary N) is 2. The Kier molecular flexibility index (Phi) is 6.70. The van der Waals surface area contributed by atoms with Crippen LogP contribution in [0.25, 0.3) is 17.2 Å². The molecule has 184 valence electrons. The molecule has 5 rings (SSSR count). The molecule has 3 fully saturated rings. The third-order valence-corrected chi connectivity index (χ3v) is 7.45. The van der Waals surface area contributed by atoms with Gasteiger partial charge in [-0.25, -0.2) is 14.0 Å². The zero-order valence-electron chi connectivity index (χ0n) is 19.7. The van der Waals surface area contributed by atoms with E-state index in [0.717, 1.165) is 42.5 Å². The van der Waals surface area contributed by atoms with Crippen molar-refractivity contribution in [1.82, 2.24) is 15.6 Å². The number of halogens is 1. The van der Waals surface area contributed by atoms with Crippen molar-refractivity contribution in [2.75, 3.05) is 6.61 Å². The van der Waals surface area contributed by atoms with Gasteiger partial charge in [-0.15, -0.1) is 0 Å². The van der Waals surface area contributed by atoms with Gasteiger partial charge in [0, 0.05) is 23.7 Å². The van der Waals surface area contributed by atoms with E-state index >= 15 is 0 Å². The van der Waals surface area contributed by atoms with E-state index in [2.05, 4.69) is 21.7 Å². The van der Waals surface area contributed by atoms with E-state index in [0.29, 0.717) is 18.4 Å². The topological polar surface area (TPSA) is 89.6 Å². The van der Waals surface area contributed by atoms with Crippen LogP contribution >= 0.6 is 0 Å². The fourth-order valence-corrected chi connectivity index (χ4v) is 5.92. The van der Waals surface area contributed by atoms with Gasteiger partial charge in [0.1, 0.15) is 11.9 Å². The van der Waals surface area contributed by atoms with Crippen LogP contribution in [0.1, 0.15) is 38.3 Å². The number of pyridine rings is 1. The Morgan fingerprint density at radius 2 is 2.14 bits per heavy atom. The number of nitrogens with zero attached hydrogens (tertiary/aromatic N) is 1. The molecule has 2 amide bonds. The summed E-state index contributed by atoms with van der Waals surface area (Å²) in [5, 5.41) is 5.95. The number of fused-ring (bicyclic) bond motifs is 2. The molecule has 3 aliphatic rings. The molecule has 2 aliphatic carbocycles. The molecule has 2 saturated carbocycles. The minimum Gasteiger partial charge on any atom is -0.450 e. The monoisotopic (exact) mass is 479 g/mol. The Bertz CT molecular complexity index is 1110. The van der Waals surface area contributed by atoms with Crippen LogP contribution in [-0.2, 0) is 9.47 Å². The van der Waals surface area contributed by atoms with Crippen LogP contribution in [0.15, 0.2) is 48.7 Å². The molecular formula is C27H30FN3O4. The second-order valence-electron chi connectivity index (χ2n) is 9.57. The highest BCUT2D eigenvalue weighted by Crippen LogP contribution is 2.47. The summed E-state index contributed by atoms with van der Waals surface area (Å²) in [6.07, 6.45) is 8.40. The molecule has 0 radical (unpaired) electrons. The molecule has 0 bridgehead atoms. The van der Waals surface area contributed by atoms with Gasteiger partial charge in [0.15, 0.2) is 0 Å². The lowest BCUT2D eigenvalue weighted by molar-refractivity contribution is 0.00604. The van der Waals surface area contributed by atoms with Crippen LogP contribution in [0.3, 0.4) is 0 Å². The summed E-state index contributed by atoms with van der Waals surface area (Å²) < 4.78 is 24.3. The summed E-state index contributed by atoms with van der Waals surface area (Å²) >= 11 is 0. The third-order valence-electron chi connectivity index (χ3n) is 7.45. The number of benzene rings is 1. The first-order valence-corrected chi connectivity index (χ1v) is 12.3. The lowest BCUT2D eigenvalue weighted by atomic mass is 9.62. The number of alkyl carbamates (subject to hydrolysis) is 2. The van der Waals surface area contributed by atoms with E-state index in [1.54, 1.807) is 19.2 Å². The zero-order valence-corrected chi connectivity index (χ0v) is 19.7. The van der Waals surface area contributed by atoms with Gasteiger partial charge < -0.3 is 20.1 Å². The minimum atomic E-state index is -0.369. The van der Waals surface area contributed by atoms with Gasteiger partial charge in [-0.2, -0.15) is 0 Å². The highest BCUT2D eigenvalue weighted by atomic mass is 19.1. The summed E-state index contributed by atoms with van der Waals surface area (Å²) in [6, 6.07) is 10.3. The number of hydrogen-bond donors (Lipinski definition) is 2. The second kappa shape index (κ2) is 10.1. The SMILES string of the molecule is CCOC(=O)N[C@H]1CC[C@@H]2[C@@H](C1)C[C@H]1NC(=O)O[C@H]1[C@H]2/C=C/c1ccc(-c2cccc(F)c2)cn1. The molecular weight excluding hydrogens is 449 g/mol. The molecule has 6 atom stereocenters. The maximum Gasteiger partial charge on any atom is 0.407 e. The van der Waals surface area contributed by atoms with Crippen molar-refractivity contribution in [3.8, 4) is 11.1 Å². The van der Waals surface area contributed by atoms with Crippen molar-refractivity contribution >= 4 is 18.3 Å². The molecule has 1 aromatic carbocycles. The Morgan fingerprint density at radius 1 is 1.26 bits per heavy atom. The van der Waals surface area contributed by atoms with Gasteiger partial charge in [-0.1, -0.05) is 24.3 Å². The van der Waals surface area contributed by atoms with Crippen molar-refractivity contribution in [2.45, 2.75) is 50.8 Å². The molecule has 8 heteroatoms. The predicted octanol–water partition coefficient (Wildman–Crippen LogP) is 4.93. The van der Waals surface area contributed by atoms with E-state index in [1.807, 2.05) is 24.3 Å². The summed E-state index contributed by atoms with van der Waals surface area (Å²) in [7, 11) is 0. The van der Waals surface area contributed by atoms with Crippen LogP contribution in [0.2, 0.25) is 0 Å². The fraction of sp³-hybridized carbons (Fsp3) is 0.444. The smallest absolute Gasteiger partial charge is 0.407 e. The lowest BCUT2D eigenvalue weighted by Crippen LogP contribution is -2.52. The molecule has 1 aromatic heterocycles. The second-order valence-corrected chi connectivity index (χ2v) is 9.57. The molecule has 7 nitrogen and oxygen atoms in total. The Morgan fingerprint density at radius 3 is 2.91 bits per heavy atom. The molecule has 0 spiro atoms. The van der Waals surface area contributed by atoms with E-state index in [1.165, 1.54) is 12.1 Å². The van der Waals surface area contributed by atoms with E-state index in [9.17, 15) is 14.0 Å². The van der Waals surface area contributed by atoms with Crippen molar-refractivity contribution in [3.05, 3.63) is 60.2 Å². The predicted molar refractivity (Wildman–Crippen MR) is 129 cm³/mol. The number of hydrogen-bond acceptors (Lipinski definition) is 5. The standard InChI is InChI=1S/C27H30FN3O4/c1-2-34-26(32)30-21-9-10-22-18(13-21)14-24-25(35-27(33)31-24)23(22)11-8-20-7-6-17(15-29-20)16-4-3-5-19(28)12-16/h3-8,11-12,15,18,21-25H,2,9-10,13-14H2,1H3,(H,30,32)(H,31,33)/b11-8+/t18-,21-,22+,23-,24+,25-/m0/s1. The van der Waals surface area contributed by atoms with Gasteiger partial charge in [-0.3, -0.25) is 4.98 Å². The largest absolute Gasteiger partial charge is 0.450 e. The lowest BCUT2D eigenvalue weighted by Gasteiger charge is -2.46. The van der Waals surface area contributed by atoms with Crippen LogP contribution < -0.4 is 10.6 Å². The zero-order chi connectivity index (χ0) is 24.4. The van der Waals surface area contributed by atoms with Gasteiger partial charge >= 0.3 is 12.2 Å². The molecule has 2 N–H and O–H groups in total. The first kappa shape index (κ1) is 23.3. The molecule has 1 saturated heterocycles. The molecule has 0 unspecified atom stereocenters. The van der Waals surface area contributed by atoms with Gasteiger partial charge in [0.2, 0.25) is 0 Å². The number of amides is 2. The first-order valence-electron chi connectivity index (χ1n) is 12.3. The quantitative estimate of drug-likeness (QED) is 0.635. The average molecular weight is 480 g/mol. The minimum absolute atomic E-state index is 0.0388. The number of ether oxygens (including phenoxy) is 2. The van der Waals surface area contributed by atoms with E-state index < -0.39 is 0 Å².